The van der Waals surface area contributed by atoms with E-state index in [2.05, 4.69) is 20.6 Å². The highest BCUT2D eigenvalue weighted by Crippen LogP contribution is 2.37. The van der Waals surface area contributed by atoms with Crippen LogP contribution >= 0.6 is 0 Å². The van der Waals surface area contributed by atoms with Gasteiger partial charge in [-0.3, -0.25) is 9.69 Å². The molecule has 2 aliphatic heterocycles. The second-order valence-corrected chi connectivity index (χ2v) is 8.31. The van der Waals surface area contributed by atoms with Crippen molar-refractivity contribution < 1.29 is 14.3 Å². The van der Waals surface area contributed by atoms with Gasteiger partial charge >= 0.3 is 6.03 Å². The van der Waals surface area contributed by atoms with Crippen LogP contribution in [0.15, 0.2) is 42.7 Å². The van der Waals surface area contributed by atoms with Gasteiger partial charge in [0.05, 0.1) is 30.1 Å². The third-order valence-electron chi connectivity index (χ3n) is 6.21. The Labute approximate surface area is 197 Å². The van der Waals surface area contributed by atoms with Gasteiger partial charge in [-0.15, -0.1) is 0 Å². The van der Waals surface area contributed by atoms with E-state index in [1.807, 2.05) is 49.1 Å². The van der Waals surface area contributed by atoms with Gasteiger partial charge in [0, 0.05) is 38.0 Å². The standard InChI is InChI=1S/C25H26N6O3/c1-4-31-22-17(24(32)29-21-15(2)8-10-26-23(21)31)12-16(13-27-22)9-11-34-20-7-5-6-19-18(20)14-28-25(33)30(19)3/h5-8,10,12-13H,4,9,11,14H2,1-3H3,(H,28,33)(H,29,32). The smallest absolute Gasteiger partial charge is 0.321 e. The number of ether oxygens (including phenoxy) is 1. The summed E-state index contributed by atoms with van der Waals surface area (Å²) in [5, 5.41) is 5.85. The van der Waals surface area contributed by atoms with Gasteiger partial charge in [-0.25, -0.2) is 14.8 Å². The molecule has 3 aromatic rings. The lowest BCUT2D eigenvalue weighted by Gasteiger charge is -2.28. The summed E-state index contributed by atoms with van der Waals surface area (Å²) in [7, 11) is 1.73. The Balaban J connectivity index is 1.36. The third kappa shape index (κ3) is 3.68. The maximum atomic E-state index is 13.1. The molecule has 0 atom stereocenters. The van der Waals surface area contributed by atoms with E-state index in [1.54, 1.807) is 24.3 Å². The number of aryl methyl sites for hydroxylation is 1. The Morgan fingerprint density at radius 1 is 1.15 bits per heavy atom. The predicted molar refractivity (Wildman–Crippen MR) is 130 cm³/mol. The SMILES string of the molecule is CCN1c2ncc(CCOc3cccc4c3CNC(=O)N4C)cc2C(=O)Nc2c(C)ccnc21. The second kappa shape index (κ2) is 8.66. The zero-order valence-electron chi connectivity index (χ0n) is 19.4. The van der Waals surface area contributed by atoms with E-state index >= 15 is 0 Å². The first-order valence-electron chi connectivity index (χ1n) is 11.3. The van der Waals surface area contributed by atoms with Crippen LogP contribution in [0.4, 0.5) is 27.8 Å². The molecule has 34 heavy (non-hydrogen) atoms. The zero-order valence-corrected chi connectivity index (χ0v) is 19.4. The molecular weight excluding hydrogens is 432 g/mol. The second-order valence-electron chi connectivity index (χ2n) is 8.31. The molecule has 0 aliphatic carbocycles. The van der Waals surface area contributed by atoms with E-state index in [-0.39, 0.29) is 11.9 Å². The normalized spacial score (nSPS) is 14.4. The molecule has 0 bridgehead atoms. The predicted octanol–water partition coefficient (Wildman–Crippen LogP) is 3.79. The number of pyridine rings is 2. The number of benzene rings is 1. The molecule has 9 nitrogen and oxygen atoms in total. The fourth-order valence-corrected chi connectivity index (χ4v) is 4.36. The number of nitrogens with zero attached hydrogens (tertiary/aromatic N) is 4. The summed E-state index contributed by atoms with van der Waals surface area (Å²) in [5.74, 6) is 1.83. The highest BCUT2D eigenvalue weighted by Gasteiger charge is 2.28. The summed E-state index contributed by atoms with van der Waals surface area (Å²) in [4.78, 5) is 37.6. The number of rotatable bonds is 5. The van der Waals surface area contributed by atoms with Crippen LogP contribution in [-0.4, -0.2) is 42.1 Å². The van der Waals surface area contributed by atoms with Crippen LogP contribution in [0.25, 0.3) is 0 Å². The summed E-state index contributed by atoms with van der Waals surface area (Å²) in [6.45, 7) is 5.43. The Morgan fingerprint density at radius 3 is 2.82 bits per heavy atom. The molecule has 0 unspecified atom stereocenters. The van der Waals surface area contributed by atoms with E-state index in [1.165, 1.54) is 0 Å². The van der Waals surface area contributed by atoms with Crippen LogP contribution in [0, 0.1) is 6.92 Å². The maximum Gasteiger partial charge on any atom is 0.321 e. The average Bonchev–Trinajstić information content (AvgIpc) is 2.96. The molecule has 1 aromatic carbocycles. The van der Waals surface area contributed by atoms with Gasteiger partial charge < -0.3 is 20.3 Å². The highest BCUT2D eigenvalue weighted by molar-refractivity contribution is 6.11. The van der Waals surface area contributed by atoms with Crippen molar-refractivity contribution in [2.45, 2.75) is 26.8 Å². The summed E-state index contributed by atoms with van der Waals surface area (Å²) in [5.41, 5.74) is 4.86. The molecule has 3 amide bonds. The zero-order chi connectivity index (χ0) is 23.8. The van der Waals surface area contributed by atoms with Gasteiger partial charge in [0.15, 0.2) is 5.82 Å². The van der Waals surface area contributed by atoms with Gasteiger partial charge in [0.2, 0.25) is 0 Å². The molecule has 2 aromatic heterocycles. The van der Waals surface area contributed by atoms with Crippen molar-refractivity contribution in [1.82, 2.24) is 15.3 Å². The topological polar surface area (TPSA) is 99.7 Å². The van der Waals surface area contributed by atoms with Crippen molar-refractivity contribution in [2.24, 2.45) is 0 Å². The summed E-state index contributed by atoms with van der Waals surface area (Å²) < 4.78 is 6.07. The summed E-state index contributed by atoms with van der Waals surface area (Å²) >= 11 is 0. The first kappa shape index (κ1) is 21.7. The molecule has 9 heteroatoms. The van der Waals surface area contributed by atoms with Crippen LogP contribution < -0.4 is 25.2 Å². The molecule has 0 radical (unpaired) electrons. The van der Waals surface area contributed by atoms with Crippen LogP contribution in [0.1, 0.15) is 34.0 Å². The Morgan fingerprint density at radius 2 is 2.00 bits per heavy atom. The van der Waals surface area contributed by atoms with Gasteiger partial charge in [-0.2, -0.15) is 0 Å². The van der Waals surface area contributed by atoms with E-state index < -0.39 is 0 Å². The lowest BCUT2D eigenvalue weighted by atomic mass is 10.1. The minimum Gasteiger partial charge on any atom is -0.493 e. The largest absolute Gasteiger partial charge is 0.493 e. The number of hydrogen-bond acceptors (Lipinski definition) is 6. The van der Waals surface area contributed by atoms with E-state index in [9.17, 15) is 9.59 Å². The van der Waals surface area contributed by atoms with Crippen LogP contribution in [-0.2, 0) is 13.0 Å². The molecular formula is C25H26N6O3. The van der Waals surface area contributed by atoms with Crippen molar-refractivity contribution >= 4 is 34.9 Å². The molecule has 5 rings (SSSR count). The molecule has 0 saturated heterocycles. The quantitative estimate of drug-likeness (QED) is 0.604. The van der Waals surface area contributed by atoms with Crippen LogP contribution in [0.2, 0.25) is 0 Å². The highest BCUT2D eigenvalue weighted by atomic mass is 16.5. The number of nitrogens with one attached hydrogen (secondary N) is 2. The number of urea groups is 1. The number of amides is 3. The first-order valence-corrected chi connectivity index (χ1v) is 11.3. The number of anilines is 4. The molecule has 0 fully saturated rings. The Hall–Kier alpha value is -4.14. The van der Waals surface area contributed by atoms with Crippen LogP contribution in [0.3, 0.4) is 0 Å². The minimum absolute atomic E-state index is 0.132. The molecule has 4 heterocycles. The fraction of sp³-hybridized carbons (Fsp3) is 0.280. The number of carbonyl (C=O) groups is 2. The average molecular weight is 459 g/mol. The van der Waals surface area contributed by atoms with Crippen molar-refractivity contribution in [1.29, 1.82) is 0 Å². The number of fused-ring (bicyclic) bond motifs is 3. The first-order chi connectivity index (χ1) is 16.5. The Kier molecular flexibility index (Phi) is 5.53. The van der Waals surface area contributed by atoms with Gasteiger partial charge in [0.25, 0.3) is 5.91 Å². The van der Waals surface area contributed by atoms with Crippen molar-refractivity contribution in [2.75, 3.05) is 35.3 Å². The van der Waals surface area contributed by atoms with Crippen molar-refractivity contribution in [3.8, 4) is 5.75 Å². The van der Waals surface area contributed by atoms with E-state index in [4.69, 9.17) is 4.74 Å². The van der Waals surface area contributed by atoms with Gasteiger partial charge in [-0.05, 0) is 49.2 Å². The van der Waals surface area contributed by atoms with Crippen molar-refractivity contribution in [3.63, 3.8) is 0 Å². The van der Waals surface area contributed by atoms with Gasteiger partial charge in [-0.1, -0.05) is 6.07 Å². The summed E-state index contributed by atoms with van der Waals surface area (Å²) in [6, 6.07) is 9.31. The maximum absolute atomic E-state index is 13.1. The lowest BCUT2D eigenvalue weighted by molar-refractivity contribution is 0.102. The number of hydrogen-bond donors (Lipinski definition) is 2. The molecule has 2 N–H and O–H groups in total. The van der Waals surface area contributed by atoms with E-state index in [0.717, 1.165) is 28.1 Å². The van der Waals surface area contributed by atoms with Gasteiger partial charge in [0.1, 0.15) is 11.6 Å². The molecule has 2 aliphatic rings. The minimum atomic E-state index is -0.200. The van der Waals surface area contributed by atoms with Crippen molar-refractivity contribution in [3.05, 3.63) is 65.0 Å². The molecule has 0 spiro atoms. The molecule has 174 valence electrons. The molecule has 0 saturated carbocycles. The Bertz CT molecular complexity index is 1290. The fourth-order valence-electron chi connectivity index (χ4n) is 4.36. The number of aromatic nitrogens is 2. The van der Waals surface area contributed by atoms with Crippen LogP contribution in [0.5, 0.6) is 5.75 Å². The van der Waals surface area contributed by atoms with E-state index in [0.29, 0.717) is 49.0 Å². The monoisotopic (exact) mass is 458 g/mol. The third-order valence-corrected chi connectivity index (χ3v) is 6.21. The lowest BCUT2D eigenvalue weighted by Crippen LogP contribution is -2.41. The number of carbonyl (C=O) groups excluding carboxylic acids is 2. The summed E-state index contributed by atoms with van der Waals surface area (Å²) in [6.07, 6.45) is 4.11.